The molecule has 1 N–H and O–H groups in total. The van der Waals surface area contributed by atoms with Crippen LogP contribution in [0.4, 0.5) is 10.5 Å². The van der Waals surface area contributed by atoms with Gasteiger partial charge in [-0.3, -0.25) is 4.90 Å². The van der Waals surface area contributed by atoms with E-state index in [1.165, 1.54) is 0 Å². The van der Waals surface area contributed by atoms with Crippen molar-refractivity contribution in [1.82, 2.24) is 4.90 Å². The molecule has 0 bridgehead atoms. The minimum Gasteiger partial charge on any atom is -0.450 e. The molecule has 2 aliphatic rings. The zero-order chi connectivity index (χ0) is 14.2. The number of carbonyl (C=O) groups is 1. The highest BCUT2D eigenvalue weighted by molar-refractivity contribution is 5.73. The van der Waals surface area contributed by atoms with E-state index in [0.29, 0.717) is 19.6 Å². The van der Waals surface area contributed by atoms with Gasteiger partial charge in [0.05, 0.1) is 6.61 Å². The van der Waals surface area contributed by atoms with Crippen molar-refractivity contribution in [3.05, 3.63) is 40.3 Å². The fraction of sp³-hybridized carbons (Fsp3) is 0.462. The zero-order valence-electron chi connectivity index (χ0n) is 11.1. The molecule has 7 heteroatoms. The Morgan fingerprint density at radius 3 is 3.20 bits per heavy atom. The van der Waals surface area contributed by atoms with Crippen LogP contribution in [0.3, 0.4) is 0 Å². The average Bonchev–Trinajstić information content (AvgIpc) is 2.93. The third kappa shape index (κ3) is 1.60. The monoisotopic (exact) mass is 273 g/mol. The molecule has 2 atom stereocenters. The maximum absolute atomic E-state index is 12.0. The number of anilines is 1. The summed E-state index contributed by atoms with van der Waals surface area (Å²) in [6, 6.07) is 7.67. The second-order valence-electron chi connectivity index (χ2n) is 4.85. The second-order valence-corrected chi connectivity index (χ2v) is 4.85. The third-order valence-electron chi connectivity index (χ3n) is 3.91. The summed E-state index contributed by atoms with van der Waals surface area (Å²) in [6.07, 6.45) is -0.174. The number of nitrogens with one attached hydrogen (secondary N) is 1. The molecule has 20 heavy (non-hydrogen) atoms. The lowest BCUT2D eigenvalue weighted by Gasteiger charge is -2.28. The van der Waals surface area contributed by atoms with Gasteiger partial charge in [0.25, 0.3) is 0 Å². The number of hydrogen-bond acceptors (Lipinski definition) is 4. The van der Waals surface area contributed by atoms with Gasteiger partial charge in [-0.15, -0.1) is 0 Å². The number of benzene rings is 1. The van der Waals surface area contributed by atoms with Crippen LogP contribution in [0.2, 0.25) is 0 Å². The average molecular weight is 273 g/mol. The number of hydrogen-bond donors (Lipinski definition) is 1. The molecule has 0 aliphatic carbocycles. The van der Waals surface area contributed by atoms with E-state index in [-0.39, 0.29) is 12.3 Å². The molecule has 2 heterocycles. The maximum atomic E-state index is 12.0. The standard InChI is InChI=1S/C13H15N5O2/c1-2-20-12(19)18-8-7-13(16-17-14)9-5-3-4-6-10(9)15-11(13)18/h3-6,11,15H,2,7-8H2,1H3/t11-,13+/m0/s1. The zero-order valence-corrected chi connectivity index (χ0v) is 11.1. The van der Waals surface area contributed by atoms with Gasteiger partial charge in [-0.1, -0.05) is 23.3 Å². The number of para-hydroxylation sites is 1. The van der Waals surface area contributed by atoms with Crippen molar-refractivity contribution in [2.45, 2.75) is 25.0 Å². The molecule has 7 nitrogen and oxygen atoms in total. The lowest BCUT2D eigenvalue weighted by Crippen LogP contribution is -2.45. The Kier molecular flexibility index (Phi) is 2.91. The van der Waals surface area contributed by atoms with Gasteiger partial charge in [-0.05, 0) is 30.5 Å². The first-order valence-corrected chi connectivity index (χ1v) is 6.58. The molecule has 0 aromatic heterocycles. The second kappa shape index (κ2) is 4.61. The van der Waals surface area contributed by atoms with Crippen LogP contribution in [-0.4, -0.2) is 30.3 Å². The van der Waals surface area contributed by atoms with Crippen LogP contribution in [0.15, 0.2) is 29.4 Å². The van der Waals surface area contributed by atoms with Crippen LogP contribution < -0.4 is 5.32 Å². The van der Waals surface area contributed by atoms with Crippen LogP contribution in [0.25, 0.3) is 10.4 Å². The maximum Gasteiger partial charge on any atom is 0.411 e. The molecular weight excluding hydrogens is 258 g/mol. The summed E-state index contributed by atoms with van der Waals surface area (Å²) < 4.78 is 5.07. The fourth-order valence-electron chi connectivity index (χ4n) is 3.07. The van der Waals surface area contributed by atoms with Gasteiger partial charge < -0.3 is 10.1 Å². The fourth-order valence-corrected chi connectivity index (χ4v) is 3.07. The van der Waals surface area contributed by atoms with Crippen LogP contribution in [0.5, 0.6) is 0 Å². The van der Waals surface area contributed by atoms with E-state index in [9.17, 15) is 4.79 Å². The topological polar surface area (TPSA) is 90.3 Å². The largest absolute Gasteiger partial charge is 0.450 e. The number of fused-ring (bicyclic) bond motifs is 3. The number of rotatable bonds is 2. The van der Waals surface area contributed by atoms with Gasteiger partial charge >= 0.3 is 6.09 Å². The van der Waals surface area contributed by atoms with E-state index in [1.54, 1.807) is 11.8 Å². The van der Waals surface area contributed by atoms with Crippen molar-refractivity contribution in [2.24, 2.45) is 5.11 Å². The number of likely N-dealkylation sites (tertiary alicyclic amines) is 1. The summed E-state index contributed by atoms with van der Waals surface area (Å²) in [4.78, 5) is 16.6. The highest BCUT2D eigenvalue weighted by Crippen LogP contribution is 2.49. The minimum atomic E-state index is -0.738. The van der Waals surface area contributed by atoms with Gasteiger partial charge in [-0.2, -0.15) is 0 Å². The Morgan fingerprint density at radius 1 is 1.65 bits per heavy atom. The number of ether oxygens (including phenoxy) is 1. The van der Waals surface area contributed by atoms with Crippen LogP contribution in [0, 0.1) is 0 Å². The van der Waals surface area contributed by atoms with E-state index in [2.05, 4.69) is 15.3 Å². The molecule has 0 spiro atoms. The van der Waals surface area contributed by atoms with Crippen molar-refractivity contribution >= 4 is 11.8 Å². The van der Waals surface area contributed by atoms with E-state index in [4.69, 9.17) is 10.3 Å². The van der Waals surface area contributed by atoms with E-state index >= 15 is 0 Å². The molecule has 1 aromatic rings. The molecule has 104 valence electrons. The predicted octanol–water partition coefficient (Wildman–Crippen LogP) is 2.81. The molecular formula is C13H15N5O2. The quantitative estimate of drug-likeness (QED) is 0.510. The highest BCUT2D eigenvalue weighted by atomic mass is 16.6. The predicted molar refractivity (Wildman–Crippen MR) is 73.0 cm³/mol. The summed E-state index contributed by atoms with van der Waals surface area (Å²) in [5.74, 6) is 0. The van der Waals surface area contributed by atoms with Crippen molar-refractivity contribution in [3.63, 3.8) is 0 Å². The molecule has 1 saturated heterocycles. The van der Waals surface area contributed by atoms with Gasteiger partial charge in [0, 0.05) is 17.1 Å². The summed E-state index contributed by atoms with van der Waals surface area (Å²) in [5.41, 5.74) is 10.0. The first-order valence-electron chi connectivity index (χ1n) is 6.58. The number of azide groups is 1. The minimum absolute atomic E-state index is 0.323. The molecule has 0 saturated carbocycles. The Hall–Kier alpha value is -2.40. The Morgan fingerprint density at radius 2 is 2.45 bits per heavy atom. The van der Waals surface area contributed by atoms with Crippen molar-refractivity contribution in [1.29, 1.82) is 0 Å². The first kappa shape index (κ1) is 12.6. The normalized spacial score (nSPS) is 26.2. The summed E-state index contributed by atoms with van der Waals surface area (Å²) in [6.45, 7) is 2.60. The molecule has 1 fully saturated rings. The highest BCUT2D eigenvalue weighted by Gasteiger charge is 2.55. The SMILES string of the molecule is CCOC(=O)N1CC[C@@]2(N=[N+]=[N-])c3ccccc3N[C@@H]12. The van der Waals surface area contributed by atoms with Gasteiger partial charge in [-0.25, -0.2) is 4.79 Å². The van der Waals surface area contributed by atoms with Crippen molar-refractivity contribution in [2.75, 3.05) is 18.5 Å². The molecule has 3 rings (SSSR count). The molecule has 0 unspecified atom stereocenters. The van der Waals surface area contributed by atoms with Crippen LogP contribution in [0.1, 0.15) is 18.9 Å². The Balaban J connectivity index is 2.02. The molecule has 2 aliphatic heterocycles. The van der Waals surface area contributed by atoms with Crippen molar-refractivity contribution in [3.8, 4) is 0 Å². The summed E-state index contributed by atoms with van der Waals surface area (Å²) in [7, 11) is 0. The Bertz CT molecular complexity index is 598. The number of carbonyl (C=O) groups excluding carboxylic acids is 1. The van der Waals surface area contributed by atoms with E-state index in [1.807, 2.05) is 24.3 Å². The smallest absolute Gasteiger partial charge is 0.411 e. The van der Waals surface area contributed by atoms with E-state index < -0.39 is 5.54 Å². The summed E-state index contributed by atoms with van der Waals surface area (Å²) >= 11 is 0. The summed E-state index contributed by atoms with van der Waals surface area (Å²) in [5, 5.41) is 7.29. The van der Waals surface area contributed by atoms with Crippen molar-refractivity contribution < 1.29 is 9.53 Å². The lowest BCUT2D eigenvalue weighted by atomic mass is 9.90. The third-order valence-corrected chi connectivity index (χ3v) is 3.91. The van der Waals surface area contributed by atoms with Gasteiger partial charge in [0.1, 0.15) is 11.7 Å². The van der Waals surface area contributed by atoms with Crippen LogP contribution in [-0.2, 0) is 10.3 Å². The first-order chi connectivity index (χ1) is 9.73. The van der Waals surface area contributed by atoms with Gasteiger partial charge in [0.2, 0.25) is 0 Å². The van der Waals surface area contributed by atoms with Gasteiger partial charge in [0.15, 0.2) is 0 Å². The van der Waals surface area contributed by atoms with Crippen LogP contribution >= 0.6 is 0 Å². The lowest BCUT2D eigenvalue weighted by molar-refractivity contribution is 0.102. The number of amides is 1. The molecule has 1 aromatic carbocycles. The van der Waals surface area contributed by atoms with E-state index in [0.717, 1.165) is 11.3 Å². The molecule has 1 amide bonds. The number of nitrogens with zero attached hydrogens (tertiary/aromatic N) is 4. The Labute approximate surface area is 116 Å². The molecule has 0 radical (unpaired) electrons.